The summed E-state index contributed by atoms with van der Waals surface area (Å²) in [7, 11) is 0. The van der Waals surface area contributed by atoms with Gasteiger partial charge in [-0.15, -0.1) is 5.10 Å². The fourth-order valence-electron chi connectivity index (χ4n) is 3.64. The smallest absolute Gasteiger partial charge is 0.273 e. The van der Waals surface area contributed by atoms with Crippen molar-refractivity contribution in [3.63, 3.8) is 0 Å². The number of nitrogens with one attached hydrogen (secondary N) is 1. The molecule has 4 rings (SSSR count). The molecule has 7 nitrogen and oxygen atoms in total. The summed E-state index contributed by atoms with van der Waals surface area (Å²) in [6, 6.07) is 6.41. The molecule has 1 saturated carbocycles. The van der Waals surface area contributed by atoms with Crippen LogP contribution in [0.25, 0.3) is 0 Å². The lowest BCUT2D eigenvalue weighted by atomic mass is 9.98. The summed E-state index contributed by atoms with van der Waals surface area (Å²) < 4.78 is 15.7. The average molecular weight is 385 g/mol. The first-order valence-corrected chi connectivity index (χ1v) is 9.88. The lowest BCUT2D eigenvalue weighted by molar-refractivity contribution is 0.0589. The van der Waals surface area contributed by atoms with Crippen LogP contribution in [0.1, 0.15) is 59.4 Å². The van der Waals surface area contributed by atoms with Crippen LogP contribution in [0.3, 0.4) is 0 Å². The third-order valence-corrected chi connectivity index (χ3v) is 5.37. The minimum absolute atomic E-state index is 0.0220. The Bertz CT molecular complexity index is 864. The number of benzene rings is 1. The van der Waals surface area contributed by atoms with E-state index in [1.54, 1.807) is 27.9 Å². The molecule has 2 fully saturated rings. The molecule has 1 aromatic carbocycles. The van der Waals surface area contributed by atoms with E-state index in [-0.39, 0.29) is 29.5 Å². The molecule has 1 aliphatic heterocycles. The van der Waals surface area contributed by atoms with E-state index in [4.69, 9.17) is 0 Å². The number of halogens is 1. The van der Waals surface area contributed by atoms with E-state index in [1.807, 2.05) is 0 Å². The van der Waals surface area contributed by atoms with Gasteiger partial charge in [-0.1, -0.05) is 17.3 Å². The number of hydrogen-bond acceptors (Lipinski definition) is 4. The summed E-state index contributed by atoms with van der Waals surface area (Å²) in [4.78, 5) is 26.6. The Kier molecular flexibility index (Phi) is 5.36. The fourth-order valence-corrected chi connectivity index (χ4v) is 3.64. The Morgan fingerprint density at radius 1 is 1.18 bits per heavy atom. The lowest BCUT2D eigenvalue weighted by Crippen LogP contribution is -2.44. The van der Waals surface area contributed by atoms with E-state index in [2.05, 4.69) is 15.6 Å². The average Bonchev–Trinajstić information content (AvgIpc) is 3.39. The number of carbonyl (C=O) groups excluding carboxylic acids is 2. The summed E-state index contributed by atoms with van der Waals surface area (Å²) in [5.74, 6) is -0.937. The maximum atomic E-state index is 14.0. The second-order valence-electron chi connectivity index (χ2n) is 7.53. The maximum absolute atomic E-state index is 14.0. The molecule has 0 bridgehead atoms. The third kappa shape index (κ3) is 4.21. The van der Waals surface area contributed by atoms with Gasteiger partial charge in [-0.3, -0.25) is 14.3 Å². The largest absolute Gasteiger partial charge is 0.348 e. The van der Waals surface area contributed by atoms with Crippen molar-refractivity contribution < 1.29 is 14.0 Å². The minimum Gasteiger partial charge on any atom is -0.348 e. The van der Waals surface area contributed by atoms with Crippen molar-refractivity contribution in [1.82, 2.24) is 25.2 Å². The molecule has 2 aromatic rings. The second kappa shape index (κ2) is 8.08. The van der Waals surface area contributed by atoms with E-state index in [9.17, 15) is 14.0 Å². The Morgan fingerprint density at radius 3 is 2.79 bits per heavy atom. The Morgan fingerprint density at radius 2 is 2.00 bits per heavy atom. The quantitative estimate of drug-likeness (QED) is 0.828. The molecular weight excluding hydrogens is 361 g/mol. The number of carbonyl (C=O) groups is 2. The van der Waals surface area contributed by atoms with Crippen molar-refractivity contribution in [1.29, 1.82) is 0 Å². The van der Waals surface area contributed by atoms with Crippen LogP contribution in [0.15, 0.2) is 30.5 Å². The van der Waals surface area contributed by atoms with Crippen molar-refractivity contribution in [2.24, 2.45) is 0 Å². The van der Waals surface area contributed by atoms with Crippen LogP contribution in [0.2, 0.25) is 0 Å². The SMILES string of the molecule is O=C(NC1CC1)c1cn(CCC2CCCCN2C(=O)c2ccccc2F)nn1. The monoisotopic (exact) mass is 385 g/mol. The number of hydrogen-bond donors (Lipinski definition) is 1. The topological polar surface area (TPSA) is 80.1 Å². The summed E-state index contributed by atoms with van der Waals surface area (Å²) in [6.45, 7) is 1.18. The zero-order chi connectivity index (χ0) is 19.5. The summed E-state index contributed by atoms with van der Waals surface area (Å²) >= 11 is 0. The van der Waals surface area contributed by atoms with Gasteiger partial charge in [-0.05, 0) is 50.7 Å². The van der Waals surface area contributed by atoms with Crippen LogP contribution in [-0.4, -0.2) is 50.3 Å². The highest BCUT2D eigenvalue weighted by Gasteiger charge is 2.29. The van der Waals surface area contributed by atoms with Crippen molar-refractivity contribution in [3.8, 4) is 0 Å². The first-order valence-electron chi connectivity index (χ1n) is 9.88. The van der Waals surface area contributed by atoms with Crippen molar-refractivity contribution >= 4 is 11.8 Å². The van der Waals surface area contributed by atoms with Gasteiger partial charge in [-0.2, -0.15) is 0 Å². The van der Waals surface area contributed by atoms with Crippen molar-refractivity contribution in [2.75, 3.05) is 6.54 Å². The van der Waals surface area contributed by atoms with Gasteiger partial charge < -0.3 is 10.2 Å². The predicted octanol–water partition coefficient (Wildman–Crippen LogP) is 2.39. The first-order chi connectivity index (χ1) is 13.6. The maximum Gasteiger partial charge on any atom is 0.273 e. The molecule has 2 aliphatic rings. The lowest BCUT2D eigenvalue weighted by Gasteiger charge is -2.36. The fraction of sp³-hybridized carbons (Fsp3) is 0.500. The molecule has 1 saturated heterocycles. The first kappa shape index (κ1) is 18.6. The Labute approximate surface area is 162 Å². The molecule has 28 heavy (non-hydrogen) atoms. The van der Waals surface area contributed by atoms with Gasteiger partial charge in [0.15, 0.2) is 5.69 Å². The standard InChI is InChI=1S/C20H24FN5O2/c21-17-7-2-1-6-16(17)20(28)26-11-4-3-5-15(26)10-12-25-13-18(23-24-25)19(27)22-14-8-9-14/h1-2,6-7,13-15H,3-5,8-12H2,(H,22,27). The van der Waals surface area contributed by atoms with Gasteiger partial charge in [-0.25, -0.2) is 4.39 Å². The molecular formula is C20H24FN5O2. The highest BCUT2D eigenvalue weighted by Crippen LogP contribution is 2.23. The number of aromatic nitrogens is 3. The van der Waals surface area contributed by atoms with Crippen molar-refractivity contribution in [2.45, 2.75) is 57.2 Å². The van der Waals surface area contributed by atoms with E-state index in [1.165, 1.54) is 12.1 Å². The van der Waals surface area contributed by atoms with Crippen LogP contribution >= 0.6 is 0 Å². The molecule has 1 atom stereocenters. The Hall–Kier alpha value is -2.77. The molecule has 2 amide bonds. The molecule has 1 N–H and O–H groups in total. The van der Waals surface area contributed by atoms with Gasteiger partial charge in [0.05, 0.1) is 11.8 Å². The molecule has 0 spiro atoms. The predicted molar refractivity (Wildman–Crippen MR) is 100 cm³/mol. The summed E-state index contributed by atoms with van der Waals surface area (Å²) in [5, 5.41) is 10.9. The van der Waals surface area contributed by atoms with E-state index >= 15 is 0 Å². The van der Waals surface area contributed by atoms with Crippen LogP contribution in [-0.2, 0) is 6.54 Å². The third-order valence-electron chi connectivity index (χ3n) is 5.37. The number of nitrogens with zero attached hydrogens (tertiary/aromatic N) is 4. The summed E-state index contributed by atoms with van der Waals surface area (Å²) in [6.07, 6.45) is 7.21. The normalized spacial score (nSPS) is 19.5. The zero-order valence-electron chi connectivity index (χ0n) is 15.7. The van der Waals surface area contributed by atoms with E-state index in [0.29, 0.717) is 25.2 Å². The molecule has 1 aliphatic carbocycles. The Balaban J connectivity index is 1.38. The summed E-state index contributed by atoms with van der Waals surface area (Å²) in [5.41, 5.74) is 0.434. The minimum atomic E-state index is -0.487. The number of rotatable bonds is 6. The van der Waals surface area contributed by atoms with Gasteiger partial charge in [0.1, 0.15) is 5.82 Å². The molecule has 8 heteroatoms. The van der Waals surface area contributed by atoms with Crippen LogP contribution in [0.5, 0.6) is 0 Å². The highest BCUT2D eigenvalue weighted by atomic mass is 19.1. The van der Waals surface area contributed by atoms with E-state index < -0.39 is 5.82 Å². The molecule has 2 heterocycles. The van der Waals surface area contributed by atoms with Gasteiger partial charge >= 0.3 is 0 Å². The van der Waals surface area contributed by atoms with Crippen molar-refractivity contribution in [3.05, 3.63) is 47.5 Å². The second-order valence-corrected chi connectivity index (χ2v) is 7.53. The zero-order valence-corrected chi connectivity index (χ0v) is 15.7. The van der Waals surface area contributed by atoms with Crippen LogP contribution < -0.4 is 5.32 Å². The van der Waals surface area contributed by atoms with Crippen LogP contribution in [0.4, 0.5) is 4.39 Å². The number of likely N-dealkylation sites (tertiary alicyclic amines) is 1. The molecule has 0 radical (unpaired) electrons. The highest BCUT2D eigenvalue weighted by molar-refractivity contribution is 5.94. The molecule has 148 valence electrons. The number of aryl methyl sites for hydroxylation is 1. The number of piperidine rings is 1. The molecule has 1 aromatic heterocycles. The number of amides is 2. The van der Waals surface area contributed by atoms with E-state index in [0.717, 1.165) is 32.1 Å². The molecule has 1 unspecified atom stereocenters. The van der Waals surface area contributed by atoms with Gasteiger partial charge in [0.25, 0.3) is 11.8 Å². The van der Waals surface area contributed by atoms with Gasteiger partial charge in [0.2, 0.25) is 0 Å². The van der Waals surface area contributed by atoms with Gasteiger partial charge in [0, 0.05) is 25.2 Å². The van der Waals surface area contributed by atoms with Crippen LogP contribution in [0, 0.1) is 5.82 Å².